The van der Waals surface area contributed by atoms with Crippen LogP contribution in [0.2, 0.25) is 0 Å². The fraction of sp³-hybridized carbons (Fsp3) is 0.0435. The average molecular weight is 357 g/mol. The van der Waals surface area contributed by atoms with Gasteiger partial charge in [0.05, 0.1) is 5.56 Å². The van der Waals surface area contributed by atoms with Crippen molar-refractivity contribution in [1.29, 1.82) is 0 Å². The van der Waals surface area contributed by atoms with Gasteiger partial charge in [-0.15, -0.1) is 0 Å². The van der Waals surface area contributed by atoms with Crippen molar-refractivity contribution >= 4 is 17.8 Å². The monoisotopic (exact) mass is 357 g/mol. The zero-order valence-corrected chi connectivity index (χ0v) is 14.6. The van der Waals surface area contributed by atoms with Gasteiger partial charge in [0.25, 0.3) is 0 Å². The van der Waals surface area contributed by atoms with Crippen molar-refractivity contribution in [2.24, 2.45) is 5.73 Å². The molecule has 0 bridgehead atoms. The second-order valence-corrected chi connectivity index (χ2v) is 6.16. The quantitative estimate of drug-likeness (QED) is 0.656. The summed E-state index contributed by atoms with van der Waals surface area (Å²) >= 11 is 0. The number of carboxylic acids is 1. The summed E-state index contributed by atoms with van der Waals surface area (Å²) in [6, 6.07) is 24.6. The van der Waals surface area contributed by atoms with E-state index in [4.69, 9.17) is 10.8 Å². The van der Waals surface area contributed by atoms with E-state index < -0.39 is 11.5 Å². The van der Waals surface area contributed by atoms with Crippen LogP contribution in [0, 0.1) is 0 Å². The van der Waals surface area contributed by atoms with Crippen molar-refractivity contribution in [2.75, 3.05) is 0 Å². The molecule has 0 radical (unpaired) electrons. The van der Waals surface area contributed by atoms with Gasteiger partial charge in [-0.2, -0.15) is 0 Å². The van der Waals surface area contributed by atoms with E-state index in [0.29, 0.717) is 11.1 Å². The largest absolute Gasteiger partial charge is 0.478 e. The summed E-state index contributed by atoms with van der Waals surface area (Å²) in [7, 11) is 0. The zero-order chi connectivity index (χ0) is 19.3. The minimum absolute atomic E-state index is 0.140. The molecule has 0 heterocycles. The molecule has 0 aliphatic carbocycles. The number of hydrogen-bond donors (Lipinski definition) is 2. The third-order valence-electron chi connectivity index (χ3n) is 4.43. The van der Waals surface area contributed by atoms with Crippen LogP contribution in [-0.2, 0) is 10.3 Å². The summed E-state index contributed by atoms with van der Waals surface area (Å²) < 4.78 is 0. The Morgan fingerprint density at radius 1 is 0.778 bits per heavy atom. The molecular formula is C23H19NO3. The normalized spacial score (nSPS) is 13.2. The van der Waals surface area contributed by atoms with Gasteiger partial charge in [0.1, 0.15) is 5.54 Å². The van der Waals surface area contributed by atoms with Gasteiger partial charge in [0.2, 0.25) is 0 Å². The van der Waals surface area contributed by atoms with Crippen LogP contribution < -0.4 is 5.73 Å². The first kappa shape index (κ1) is 18.3. The summed E-state index contributed by atoms with van der Waals surface area (Å²) in [5.74, 6) is -1.32. The topological polar surface area (TPSA) is 80.4 Å². The lowest BCUT2D eigenvalue weighted by molar-refractivity contribution is -0.118. The maximum absolute atomic E-state index is 13.1. The third-order valence-corrected chi connectivity index (χ3v) is 4.43. The SMILES string of the molecule is NC(C(=O)C=Cc1ccccc1)(c1ccccc1)c1ccc(C(=O)O)cc1. The van der Waals surface area contributed by atoms with Crippen molar-refractivity contribution in [3.63, 3.8) is 0 Å². The molecule has 4 heteroatoms. The smallest absolute Gasteiger partial charge is 0.335 e. The Morgan fingerprint density at radius 3 is 1.85 bits per heavy atom. The molecule has 0 aliphatic heterocycles. The minimum Gasteiger partial charge on any atom is -0.478 e. The molecule has 0 saturated heterocycles. The molecule has 0 aliphatic rings. The lowest BCUT2D eigenvalue weighted by Crippen LogP contribution is -2.45. The number of carbonyl (C=O) groups is 2. The molecule has 134 valence electrons. The number of carbonyl (C=O) groups excluding carboxylic acids is 1. The molecule has 1 unspecified atom stereocenters. The van der Waals surface area contributed by atoms with Gasteiger partial charge in [0, 0.05) is 0 Å². The van der Waals surface area contributed by atoms with Crippen LogP contribution in [0.25, 0.3) is 6.08 Å². The molecule has 0 spiro atoms. The molecule has 0 saturated carbocycles. The lowest BCUT2D eigenvalue weighted by Gasteiger charge is -2.28. The van der Waals surface area contributed by atoms with Crippen molar-refractivity contribution < 1.29 is 14.7 Å². The predicted molar refractivity (Wildman–Crippen MR) is 105 cm³/mol. The first-order valence-electron chi connectivity index (χ1n) is 8.47. The molecule has 0 fully saturated rings. The Hall–Kier alpha value is -3.50. The van der Waals surface area contributed by atoms with E-state index in [-0.39, 0.29) is 11.3 Å². The van der Waals surface area contributed by atoms with Gasteiger partial charge >= 0.3 is 5.97 Å². The van der Waals surface area contributed by atoms with E-state index in [1.165, 1.54) is 18.2 Å². The highest BCUT2D eigenvalue weighted by Crippen LogP contribution is 2.29. The van der Waals surface area contributed by atoms with Gasteiger partial charge in [-0.05, 0) is 34.9 Å². The van der Waals surface area contributed by atoms with Crippen LogP contribution >= 0.6 is 0 Å². The Bertz CT molecular complexity index is 964. The van der Waals surface area contributed by atoms with Crippen LogP contribution in [0.5, 0.6) is 0 Å². The first-order chi connectivity index (χ1) is 13.0. The second-order valence-electron chi connectivity index (χ2n) is 6.16. The van der Waals surface area contributed by atoms with E-state index in [2.05, 4.69) is 0 Å². The van der Waals surface area contributed by atoms with Crippen LogP contribution in [0.15, 0.2) is 91.0 Å². The molecule has 0 amide bonds. The Kier molecular flexibility index (Phi) is 5.29. The summed E-state index contributed by atoms with van der Waals surface area (Å²) in [5, 5.41) is 9.11. The minimum atomic E-state index is -1.41. The van der Waals surface area contributed by atoms with E-state index in [1.807, 2.05) is 48.5 Å². The molecule has 1 atom stereocenters. The maximum Gasteiger partial charge on any atom is 0.335 e. The van der Waals surface area contributed by atoms with Gasteiger partial charge < -0.3 is 10.8 Å². The zero-order valence-electron chi connectivity index (χ0n) is 14.6. The van der Waals surface area contributed by atoms with Crippen molar-refractivity contribution in [2.45, 2.75) is 5.54 Å². The summed E-state index contributed by atoms with van der Waals surface area (Å²) in [5.41, 5.74) is 7.41. The van der Waals surface area contributed by atoms with Crippen LogP contribution in [-0.4, -0.2) is 16.9 Å². The van der Waals surface area contributed by atoms with Gasteiger partial charge in [-0.3, -0.25) is 4.79 Å². The van der Waals surface area contributed by atoms with E-state index >= 15 is 0 Å². The molecule has 27 heavy (non-hydrogen) atoms. The third kappa shape index (κ3) is 3.86. The highest BCUT2D eigenvalue weighted by Gasteiger charge is 2.36. The number of nitrogens with two attached hydrogens (primary N) is 1. The Labute approximate surface area is 157 Å². The lowest BCUT2D eigenvalue weighted by atomic mass is 9.79. The van der Waals surface area contributed by atoms with Gasteiger partial charge in [-0.25, -0.2) is 4.79 Å². The number of hydrogen-bond acceptors (Lipinski definition) is 3. The summed E-state index contributed by atoms with van der Waals surface area (Å²) in [6.07, 6.45) is 3.19. The fourth-order valence-corrected chi connectivity index (χ4v) is 2.90. The Balaban J connectivity index is 2.04. The number of carboxylic acid groups (broad SMARTS) is 1. The van der Waals surface area contributed by atoms with Crippen LogP contribution in [0.1, 0.15) is 27.0 Å². The second kappa shape index (κ2) is 7.81. The highest BCUT2D eigenvalue weighted by atomic mass is 16.4. The average Bonchev–Trinajstić information content (AvgIpc) is 2.73. The van der Waals surface area contributed by atoms with Crippen molar-refractivity contribution in [3.8, 4) is 0 Å². The van der Waals surface area contributed by atoms with E-state index in [0.717, 1.165) is 5.56 Å². The molecule has 3 aromatic rings. The fourth-order valence-electron chi connectivity index (χ4n) is 2.90. The number of ketones is 1. The molecule has 0 aromatic heterocycles. The Morgan fingerprint density at radius 2 is 1.30 bits per heavy atom. The van der Waals surface area contributed by atoms with E-state index in [1.54, 1.807) is 30.3 Å². The number of benzene rings is 3. The standard InChI is InChI=1S/C23H19NO3/c24-23(19-9-5-2-6-10-19,20-14-12-18(13-15-20)22(26)27)21(25)16-11-17-7-3-1-4-8-17/h1-16H,24H2,(H,26,27). The van der Waals surface area contributed by atoms with Crippen molar-refractivity contribution in [3.05, 3.63) is 113 Å². The number of aromatic carboxylic acids is 1. The van der Waals surface area contributed by atoms with Crippen molar-refractivity contribution in [1.82, 2.24) is 0 Å². The van der Waals surface area contributed by atoms with Gasteiger partial charge in [-0.1, -0.05) is 78.9 Å². The first-order valence-corrected chi connectivity index (χ1v) is 8.47. The highest BCUT2D eigenvalue weighted by molar-refractivity contribution is 6.04. The number of rotatable bonds is 6. The summed E-state index contributed by atoms with van der Waals surface area (Å²) in [4.78, 5) is 24.2. The predicted octanol–water partition coefficient (Wildman–Crippen LogP) is 3.87. The van der Waals surface area contributed by atoms with Gasteiger partial charge in [0.15, 0.2) is 5.78 Å². The summed E-state index contributed by atoms with van der Waals surface area (Å²) in [6.45, 7) is 0. The molecule has 3 rings (SSSR count). The molecule has 3 aromatic carbocycles. The molecular weight excluding hydrogens is 338 g/mol. The molecule has 4 nitrogen and oxygen atoms in total. The van der Waals surface area contributed by atoms with E-state index in [9.17, 15) is 9.59 Å². The van der Waals surface area contributed by atoms with Crippen LogP contribution in [0.4, 0.5) is 0 Å². The van der Waals surface area contributed by atoms with Crippen LogP contribution in [0.3, 0.4) is 0 Å². The maximum atomic E-state index is 13.1. The molecule has 3 N–H and O–H groups in total.